The Hall–Kier alpha value is -2.70. The highest BCUT2D eigenvalue weighted by Crippen LogP contribution is 2.26. The lowest BCUT2D eigenvalue weighted by Crippen LogP contribution is -2.20. The van der Waals surface area contributed by atoms with Crippen LogP contribution in [0, 0.1) is 15.5 Å². The lowest BCUT2D eigenvalue weighted by Gasteiger charge is -2.19. The van der Waals surface area contributed by atoms with Gasteiger partial charge in [-0.05, 0) is 11.5 Å². The lowest BCUT2D eigenvalue weighted by atomic mass is 9.97. The third kappa shape index (κ3) is 4.38. The van der Waals surface area contributed by atoms with Gasteiger partial charge in [0.2, 0.25) is 5.95 Å². The van der Waals surface area contributed by atoms with E-state index in [0.29, 0.717) is 35.8 Å². The van der Waals surface area contributed by atoms with Crippen LogP contribution in [0.2, 0.25) is 0 Å². The standard InChI is InChI=1S/C16H21N5O2/c1-5-8-17-14-12-9-11(21(22)23)6-7-13(12)19-15(20-14)18-10-16(2,3)4/h5-7,9H,1,8,10H2,2-4H3,(H2,17,18,19,20). The summed E-state index contributed by atoms with van der Waals surface area (Å²) < 4.78 is 0. The molecule has 0 unspecified atom stereocenters. The molecule has 23 heavy (non-hydrogen) atoms. The predicted octanol–water partition coefficient (Wildman–Crippen LogP) is 3.59. The molecule has 0 saturated carbocycles. The molecule has 0 aliphatic heterocycles. The number of hydrogen-bond acceptors (Lipinski definition) is 6. The molecule has 0 saturated heterocycles. The van der Waals surface area contributed by atoms with Gasteiger partial charge in [0.05, 0.1) is 10.4 Å². The minimum atomic E-state index is -0.428. The third-order valence-corrected chi connectivity index (χ3v) is 3.08. The Morgan fingerprint density at radius 3 is 2.65 bits per heavy atom. The summed E-state index contributed by atoms with van der Waals surface area (Å²) in [5.74, 6) is 1.04. The van der Waals surface area contributed by atoms with Crippen molar-refractivity contribution < 1.29 is 4.92 Å². The first-order valence-corrected chi connectivity index (χ1v) is 7.35. The van der Waals surface area contributed by atoms with E-state index in [9.17, 15) is 10.1 Å². The quantitative estimate of drug-likeness (QED) is 0.480. The summed E-state index contributed by atoms with van der Waals surface area (Å²) in [7, 11) is 0. The highest BCUT2D eigenvalue weighted by molar-refractivity contribution is 5.91. The number of aromatic nitrogens is 2. The van der Waals surface area contributed by atoms with Crippen molar-refractivity contribution in [2.45, 2.75) is 20.8 Å². The van der Waals surface area contributed by atoms with E-state index >= 15 is 0 Å². The molecule has 0 spiro atoms. The van der Waals surface area contributed by atoms with Crippen LogP contribution in [-0.2, 0) is 0 Å². The minimum absolute atomic E-state index is 0.0122. The molecule has 0 atom stereocenters. The van der Waals surface area contributed by atoms with Crippen LogP contribution < -0.4 is 10.6 Å². The number of non-ortho nitro benzene ring substituents is 1. The largest absolute Gasteiger partial charge is 0.366 e. The van der Waals surface area contributed by atoms with Gasteiger partial charge in [-0.25, -0.2) is 4.98 Å². The molecule has 2 aromatic rings. The molecule has 2 rings (SSSR count). The average molecular weight is 315 g/mol. The van der Waals surface area contributed by atoms with Crippen LogP contribution in [0.3, 0.4) is 0 Å². The second-order valence-corrected chi connectivity index (χ2v) is 6.44. The number of nitro benzene ring substituents is 1. The molecular weight excluding hydrogens is 294 g/mol. The van der Waals surface area contributed by atoms with Crippen LogP contribution in [-0.4, -0.2) is 28.0 Å². The normalized spacial score (nSPS) is 11.3. The van der Waals surface area contributed by atoms with E-state index in [1.165, 1.54) is 12.1 Å². The highest BCUT2D eigenvalue weighted by Gasteiger charge is 2.14. The smallest absolute Gasteiger partial charge is 0.270 e. The molecule has 0 radical (unpaired) electrons. The van der Waals surface area contributed by atoms with E-state index in [1.807, 2.05) is 0 Å². The van der Waals surface area contributed by atoms with Crippen LogP contribution in [0.15, 0.2) is 30.9 Å². The van der Waals surface area contributed by atoms with Crippen LogP contribution in [0.1, 0.15) is 20.8 Å². The van der Waals surface area contributed by atoms with Crippen molar-refractivity contribution in [3.8, 4) is 0 Å². The van der Waals surface area contributed by atoms with Crippen molar-refractivity contribution >= 4 is 28.4 Å². The van der Waals surface area contributed by atoms with E-state index in [-0.39, 0.29) is 11.1 Å². The van der Waals surface area contributed by atoms with Gasteiger partial charge in [-0.1, -0.05) is 26.8 Å². The number of hydrogen-bond donors (Lipinski definition) is 2. The Morgan fingerprint density at radius 1 is 1.30 bits per heavy atom. The van der Waals surface area contributed by atoms with Gasteiger partial charge >= 0.3 is 0 Å². The maximum atomic E-state index is 11.0. The fourth-order valence-corrected chi connectivity index (χ4v) is 1.96. The van der Waals surface area contributed by atoms with Gasteiger partial charge in [-0.3, -0.25) is 10.1 Å². The number of nitrogens with one attached hydrogen (secondary N) is 2. The molecule has 1 heterocycles. The summed E-state index contributed by atoms with van der Waals surface area (Å²) >= 11 is 0. The first kappa shape index (κ1) is 16.7. The first-order chi connectivity index (χ1) is 10.8. The summed E-state index contributed by atoms with van der Waals surface area (Å²) in [5.41, 5.74) is 0.745. The van der Waals surface area contributed by atoms with Crippen LogP contribution in [0.4, 0.5) is 17.5 Å². The number of rotatable bonds is 6. The Balaban J connectivity index is 2.45. The van der Waals surface area contributed by atoms with E-state index in [2.05, 4.69) is 48.0 Å². The molecule has 0 aliphatic rings. The number of anilines is 2. The lowest BCUT2D eigenvalue weighted by molar-refractivity contribution is -0.384. The third-order valence-electron chi connectivity index (χ3n) is 3.08. The predicted molar refractivity (Wildman–Crippen MR) is 92.8 cm³/mol. The number of nitrogens with zero attached hydrogens (tertiary/aromatic N) is 3. The van der Waals surface area contributed by atoms with Gasteiger partial charge < -0.3 is 10.6 Å². The second kappa shape index (κ2) is 6.60. The Kier molecular flexibility index (Phi) is 4.78. The van der Waals surface area contributed by atoms with Crippen molar-refractivity contribution in [3.05, 3.63) is 41.0 Å². The molecule has 0 amide bonds. The molecule has 1 aromatic carbocycles. The highest BCUT2D eigenvalue weighted by atomic mass is 16.6. The summed E-state index contributed by atoms with van der Waals surface area (Å²) in [4.78, 5) is 19.4. The van der Waals surface area contributed by atoms with Crippen LogP contribution in [0.5, 0.6) is 0 Å². The van der Waals surface area contributed by atoms with Gasteiger partial charge in [0.1, 0.15) is 5.82 Å². The number of fused-ring (bicyclic) bond motifs is 1. The van der Waals surface area contributed by atoms with Gasteiger partial charge in [-0.15, -0.1) is 6.58 Å². The van der Waals surface area contributed by atoms with Crippen LogP contribution >= 0.6 is 0 Å². The molecule has 2 N–H and O–H groups in total. The van der Waals surface area contributed by atoms with Crippen molar-refractivity contribution in [2.75, 3.05) is 23.7 Å². The molecule has 122 valence electrons. The molecule has 7 heteroatoms. The van der Waals surface area contributed by atoms with Gasteiger partial charge in [0.15, 0.2) is 0 Å². The first-order valence-electron chi connectivity index (χ1n) is 7.35. The maximum Gasteiger partial charge on any atom is 0.270 e. The Bertz CT molecular complexity index is 737. The molecule has 0 aliphatic carbocycles. The molecular formula is C16H21N5O2. The van der Waals surface area contributed by atoms with Gasteiger partial charge in [0, 0.05) is 30.6 Å². The minimum Gasteiger partial charge on any atom is -0.366 e. The monoisotopic (exact) mass is 315 g/mol. The van der Waals surface area contributed by atoms with Crippen molar-refractivity contribution in [3.63, 3.8) is 0 Å². The second-order valence-electron chi connectivity index (χ2n) is 6.44. The van der Waals surface area contributed by atoms with E-state index in [1.54, 1.807) is 12.1 Å². The zero-order chi connectivity index (χ0) is 17.0. The fraction of sp³-hybridized carbons (Fsp3) is 0.375. The summed E-state index contributed by atoms with van der Waals surface area (Å²) in [5, 5.41) is 17.9. The molecule has 0 bridgehead atoms. The zero-order valence-corrected chi connectivity index (χ0v) is 13.6. The summed E-state index contributed by atoms with van der Waals surface area (Å²) in [6.45, 7) is 11.2. The number of benzene rings is 1. The Morgan fingerprint density at radius 2 is 2.04 bits per heavy atom. The SMILES string of the molecule is C=CCNc1nc(NCC(C)(C)C)nc2ccc([N+](=O)[O-])cc12. The van der Waals surface area contributed by atoms with E-state index in [0.717, 1.165) is 0 Å². The van der Waals surface area contributed by atoms with Crippen LogP contribution in [0.25, 0.3) is 10.9 Å². The zero-order valence-electron chi connectivity index (χ0n) is 13.6. The Labute approximate surface area is 135 Å². The summed E-state index contributed by atoms with van der Waals surface area (Å²) in [6.07, 6.45) is 1.70. The maximum absolute atomic E-state index is 11.0. The van der Waals surface area contributed by atoms with E-state index in [4.69, 9.17) is 0 Å². The van der Waals surface area contributed by atoms with Gasteiger partial charge in [0.25, 0.3) is 5.69 Å². The fourth-order valence-electron chi connectivity index (χ4n) is 1.96. The average Bonchev–Trinajstić information content (AvgIpc) is 2.49. The van der Waals surface area contributed by atoms with Crippen molar-refractivity contribution in [2.24, 2.45) is 5.41 Å². The topological polar surface area (TPSA) is 93.0 Å². The van der Waals surface area contributed by atoms with Crippen molar-refractivity contribution in [1.82, 2.24) is 9.97 Å². The molecule has 1 aromatic heterocycles. The van der Waals surface area contributed by atoms with E-state index < -0.39 is 4.92 Å². The summed E-state index contributed by atoms with van der Waals surface area (Å²) in [6, 6.07) is 4.56. The number of nitro groups is 1. The molecule has 0 fully saturated rings. The molecule has 7 nitrogen and oxygen atoms in total. The van der Waals surface area contributed by atoms with Crippen molar-refractivity contribution in [1.29, 1.82) is 0 Å². The van der Waals surface area contributed by atoms with Gasteiger partial charge in [-0.2, -0.15) is 4.98 Å².